The summed E-state index contributed by atoms with van der Waals surface area (Å²) >= 11 is 0. The van der Waals surface area contributed by atoms with Gasteiger partial charge in [0.05, 0.1) is 22.3 Å². The second-order valence-electron chi connectivity index (χ2n) is 6.82. The Hall–Kier alpha value is -2.38. The summed E-state index contributed by atoms with van der Waals surface area (Å²) in [5.41, 5.74) is 1.09. The van der Waals surface area contributed by atoms with Crippen LogP contribution in [0.1, 0.15) is 28.4 Å². The molecule has 2 aromatic carbocycles. The molecule has 6 nitrogen and oxygen atoms in total. The SMILES string of the molecule is CN(C)CCOc1ccccc1C(=O)NC1CCS(=O)(=O)c2ccccc21. The third kappa shape index (κ3) is 4.48. The molecule has 0 spiro atoms. The van der Waals surface area contributed by atoms with Crippen molar-refractivity contribution in [2.75, 3.05) is 33.0 Å². The molecule has 0 aliphatic carbocycles. The normalized spacial score (nSPS) is 18.0. The van der Waals surface area contributed by atoms with Crippen LogP contribution in [0.25, 0.3) is 0 Å². The number of hydrogen-bond donors (Lipinski definition) is 1. The van der Waals surface area contributed by atoms with E-state index in [-0.39, 0.29) is 17.7 Å². The van der Waals surface area contributed by atoms with E-state index in [2.05, 4.69) is 5.32 Å². The second-order valence-corrected chi connectivity index (χ2v) is 8.90. The topological polar surface area (TPSA) is 75.7 Å². The fourth-order valence-electron chi connectivity index (χ4n) is 3.09. The Morgan fingerprint density at radius 3 is 2.63 bits per heavy atom. The van der Waals surface area contributed by atoms with Gasteiger partial charge in [-0.15, -0.1) is 0 Å². The lowest BCUT2D eigenvalue weighted by atomic mass is 10.0. The van der Waals surface area contributed by atoms with Crippen LogP contribution in [0.2, 0.25) is 0 Å². The van der Waals surface area contributed by atoms with Gasteiger partial charge in [-0.05, 0) is 44.3 Å². The van der Waals surface area contributed by atoms with Gasteiger partial charge < -0.3 is 15.0 Å². The molecule has 0 saturated carbocycles. The highest BCUT2D eigenvalue weighted by Gasteiger charge is 2.31. The first-order chi connectivity index (χ1) is 12.9. The van der Waals surface area contributed by atoms with E-state index in [1.165, 1.54) is 0 Å². The van der Waals surface area contributed by atoms with E-state index in [0.29, 0.717) is 34.8 Å². The molecule has 27 heavy (non-hydrogen) atoms. The van der Waals surface area contributed by atoms with Crippen LogP contribution in [0.5, 0.6) is 5.75 Å². The van der Waals surface area contributed by atoms with Crippen molar-refractivity contribution >= 4 is 15.7 Å². The fraction of sp³-hybridized carbons (Fsp3) is 0.350. The quantitative estimate of drug-likeness (QED) is 0.822. The van der Waals surface area contributed by atoms with Crippen molar-refractivity contribution in [1.82, 2.24) is 10.2 Å². The number of rotatable bonds is 6. The third-order valence-electron chi connectivity index (χ3n) is 4.54. The number of benzene rings is 2. The van der Waals surface area contributed by atoms with Crippen molar-refractivity contribution in [2.45, 2.75) is 17.4 Å². The average molecular weight is 388 g/mol. The molecule has 2 aromatic rings. The molecular formula is C20H24N2O4S. The summed E-state index contributed by atoms with van der Waals surface area (Å²) < 4.78 is 30.3. The van der Waals surface area contributed by atoms with Crippen molar-refractivity contribution in [3.63, 3.8) is 0 Å². The number of likely N-dealkylation sites (N-methyl/N-ethyl adjacent to an activating group) is 1. The highest BCUT2D eigenvalue weighted by Crippen LogP contribution is 2.32. The van der Waals surface area contributed by atoms with Gasteiger partial charge in [0.15, 0.2) is 9.84 Å². The van der Waals surface area contributed by atoms with Crippen LogP contribution in [-0.2, 0) is 9.84 Å². The minimum Gasteiger partial charge on any atom is -0.491 e. The predicted molar refractivity (Wildman–Crippen MR) is 104 cm³/mol. The van der Waals surface area contributed by atoms with Crippen LogP contribution in [-0.4, -0.2) is 52.2 Å². The highest BCUT2D eigenvalue weighted by molar-refractivity contribution is 7.91. The Kier molecular flexibility index (Phi) is 5.82. The maximum absolute atomic E-state index is 12.9. The molecule has 1 unspecified atom stereocenters. The van der Waals surface area contributed by atoms with Crippen LogP contribution in [0.4, 0.5) is 0 Å². The number of sulfone groups is 1. The molecule has 1 heterocycles. The molecule has 0 bridgehead atoms. The van der Waals surface area contributed by atoms with Crippen LogP contribution in [0.15, 0.2) is 53.4 Å². The van der Waals surface area contributed by atoms with Crippen molar-refractivity contribution in [3.05, 3.63) is 59.7 Å². The van der Waals surface area contributed by atoms with E-state index in [9.17, 15) is 13.2 Å². The van der Waals surface area contributed by atoms with E-state index in [1.54, 1.807) is 42.5 Å². The first kappa shape index (κ1) is 19.4. The number of nitrogens with one attached hydrogen (secondary N) is 1. The van der Waals surface area contributed by atoms with Gasteiger partial charge in [0.1, 0.15) is 12.4 Å². The lowest BCUT2D eigenvalue weighted by molar-refractivity contribution is 0.0930. The van der Waals surface area contributed by atoms with Crippen molar-refractivity contribution in [3.8, 4) is 5.75 Å². The molecule has 0 saturated heterocycles. The zero-order valence-corrected chi connectivity index (χ0v) is 16.3. The van der Waals surface area contributed by atoms with Crippen LogP contribution in [0, 0.1) is 0 Å². The Bertz CT molecular complexity index is 925. The molecule has 1 N–H and O–H groups in total. The van der Waals surface area contributed by atoms with Gasteiger partial charge in [-0.1, -0.05) is 30.3 Å². The van der Waals surface area contributed by atoms with E-state index in [4.69, 9.17) is 4.74 Å². The molecule has 0 radical (unpaired) electrons. The molecule has 1 aliphatic rings. The molecule has 1 amide bonds. The smallest absolute Gasteiger partial charge is 0.255 e. The molecular weight excluding hydrogens is 364 g/mol. The first-order valence-corrected chi connectivity index (χ1v) is 10.5. The van der Waals surface area contributed by atoms with Crippen molar-refractivity contribution in [2.24, 2.45) is 0 Å². The zero-order chi connectivity index (χ0) is 19.4. The van der Waals surface area contributed by atoms with E-state index in [0.717, 1.165) is 6.54 Å². The Morgan fingerprint density at radius 2 is 1.85 bits per heavy atom. The van der Waals surface area contributed by atoms with Gasteiger partial charge in [0, 0.05) is 6.54 Å². The Morgan fingerprint density at radius 1 is 1.15 bits per heavy atom. The standard InChI is InChI=1S/C20H24N2O4S/c1-22(2)12-13-26-18-9-5-3-8-16(18)20(23)21-17-11-14-27(24,25)19-10-6-4-7-15(17)19/h3-10,17H,11-14H2,1-2H3,(H,21,23). The molecule has 3 rings (SSSR count). The summed E-state index contributed by atoms with van der Waals surface area (Å²) in [6.45, 7) is 1.21. The number of hydrogen-bond acceptors (Lipinski definition) is 5. The van der Waals surface area contributed by atoms with Crippen molar-refractivity contribution in [1.29, 1.82) is 0 Å². The van der Waals surface area contributed by atoms with Gasteiger partial charge in [-0.2, -0.15) is 0 Å². The maximum atomic E-state index is 12.9. The lowest BCUT2D eigenvalue weighted by Gasteiger charge is -2.26. The average Bonchev–Trinajstić information content (AvgIpc) is 2.64. The van der Waals surface area contributed by atoms with Gasteiger partial charge in [0.2, 0.25) is 0 Å². The summed E-state index contributed by atoms with van der Waals surface area (Å²) in [5, 5.41) is 2.97. The number of carbonyl (C=O) groups excluding carboxylic acids is 1. The molecule has 0 aromatic heterocycles. The Balaban J connectivity index is 1.79. The minimum absolute atomic E-state index is 0.0238. The number of fused-ring (bicyclic) bond motifs is 1. The fourth-order valence-corrected chi connectivity index (χ4v) is 4.72. The highest BCUT2D eigenvalue weighted by atomic mass is 32.2. The Labute approximate surface area is 160 Å². The van der Waals surface area contributed by atoms with Gasteiger partial charge in [-0.25, -0.2) is 8.42 Å². The first-order valence-electron chi connectivity index (χ1n) is 8.87. The second kappa shape index (κ2) is 8.10. The van der Waals surface area contributed by atoms with Crippen LogP contribution < -0.4 is 10.1 Å². The van der Waals surface area contributed by atoms with Gasteiger partial charge in [0.25, 0.3) is 5.91 Å². The summed E-state index contributed by atoms with van der Waals surface area (Å²) in [6.07, 6.45) is 0.356. The monoisotopic (exact) mass is 388 g/mol. The lowest BCUT2D eigenvalue weighted by Crippen LogP contribution is -2.34. The molecule has 0 fully saturated rings. The summed E-state index contributed by atoms with van der Waals surface area (Å²) in [4.78, 5) is 15.2. The zero-order valence-electron chi connectivity index (χ0n) is 15.5. The van der Waals surface area contributed by atoms with Gasteiger partial charge >= 0.3 is 0 Å². The van der Waals surface area contributed by atoms with Crippen molar-refractivity contribution < 1.29 is 17.9 Å². The summed E-state index contributed by atoms with van der Waals surface area (Å²) in [6, 6.07) is 13.6. The summed E-state index contributed by atoms with van der Waals surface area (Å²) in [7, 11) is 0.625. The third-order valence-corrected chi connectivity index (χ3v) is 6.35. The molecule has 7 heteroatoms. The number of nitrogens with zero attached hydrogens (tertiary/aromatic N) is 1. The molecule has 1 atom stereocenters. The summed E-state index contributed by atoms with van der Waals surface area (Å²) in [5.74, 6) is 0.277. The minimum atomic E-state index is -3.28. The van der Waals surface area contributed by atoms with Crippen LogP contribution in [0.3, 0.4) is 0 Å². The molecule has 144 valence electrons. The van der Waals surface area contributed by atoms with E-state index < -0.39 is 9.84 Å². The number of para-hydroxylation sites is 1. The van der Waals surface area contributed by atoms with Gasteiger partial charge in [-0.3, -0.25) is 4.79 Å². The van der Waals surface area contributed by atoms with Crippen LogP contribution >= 0.6 is 0 Å². The number of carbonyl (C=O) groups is 1. The maximum Gasteiger partial charge on any atom is 0.255 e. The van der Waals surface area contributed by atoms with E-state index >= 15 is 0 Å². The van der Waals surface area contributed by atoms with E-state index in [1.807, 2.05) is 25.1 Å². The largest absolute Gasteiger partial charge is 0.491 e. The molecule has 1 aliphatic heterocycles. The predicted octanol–water partition coefficient (Wildman–Crippen LogP) is 2.28. The number of amides is 1. The number of ether oxygens (including phenoxy) is 1.